The molecule has 12 aromatic rings. The highest BCUT2D eigenvalue weighted by Crippen LogP contribution is 2.38. The molecule has 0 atom stereocenters. The Morgan fingerprint density at radius 3 is 0.667 bits per heavy atom. The van der Waals surface area contributed by atoms with E-state index in [2.05, 4.69) is 283 Å². The molecule has 0 unspecified atom stereocenters. The van der Waals surface area contributed by atoms with E-state index in [0.717, 1.165) is 23.0 Å². The summed E-state index contributed by atoms with van der Waals surface area (Å²) in [5.74, 6) is 3.44. The quantitative estimate of drug-likeness (QED) is 0.0847. The van der Waals surface area contributed by atoms with Crippen molar-refractivity contribution in [1.82, 2.24) is 0 Å². The van der Waals surface area contributed by atoms with Gasteiger partial charge in [-0.2, -0.15) is 0 Å². The number of benzene rings is 12. The van der Waals surface area contributed by atoms with Crippen LogP contribution in [0.4, 0.5) is 0 Å². The maximum atomic E-state index is 5.96. The minimum absolute atomic E-state index is 0. The molecule has 0 N–H and O–H groups in total. The van der Waals surface area contributed by atoms with Crippen molar-refractivity contribution in [3.05, 3.63) is 331 Å². The van der Waals surface area contributed by atoms with Crippen LogP contribution in [0, 0.1) is 34.6 Å². The Bertz CT molecular complexity index is 3680. The zero-order chi connectivity index (χ0) is 60.3. The maximum Gasteiger partial charge on any atom is 0.166 e. The fraction of sp³-hybridized carbons (Fsp3) is 0.122. The second-order valence-electron chi connectivity index (χ2n) is 20.7. The SMILES string of the molecule is C.C.C.COc1ccc([S+](c2ccc(OC)cc2)c2ccc(Sc3ccc(C)cc3)cc2)cc1.Cc1ccc([S+](c2ccc(C)cc2)c2ccc(Oc3ccccc3)cc2)cc1.Cc1ccc([S+](c2ccc(C)cc2)c2ccc(Sc3ccccc3)cc2)cc1. The van der Waals surface area contributed by atoms with Crippen LogP contribution in [0.3, 0.4) is 0 Å². The number of para-hydroxylation sites is 1. The van der Waals surface area contributed by atoms with Crippen LogP contribution in [0.5, 0.6) is 23.0 Å². The van der Waals surface area contributed by atoms with E-state index in [-0.39, 0.29) is 55.0 Å². The Morgan fingerprint density at radius 1 is 0.211 bits per heavy atom. The molecule has 0 heterocycles. The lowest BCUT2D eigenvalue weighted by Gasteiger charge is -2.10. The number of ether oxygens (including phenoxy) is 3. The average molecular weight is 1280 g/mol. The van der Waals surface area contributed by atoms with Crippen LogP contribution in [-0.2, 0) is 32.7 Å². The lowest BCUT2D eigenvalue weighted by Crippen LogP contribution is -2.05. The van der Waals surface area contributed by atoms with Gasteiger partial charge in [-0.1, -0.05) is 171 Å². The summed E-state index contributed by atoms with van der Waals surface area (Å²) in [4.78, 5) is 16.8. The van der Waals surface area contributed by atoms with Gasteiger partial charge in [0.25, 0.3) is 0 Å². The monoisotopic (exact) mass is 1280 g/mol. The molecule has 0 aliphatic heterocycles. The normalized spacial score (nSPS) is 10.5. The van der Waals surface area contributed by atoms with E-state index in [0.29, 0.717) is 0 Å². The lowest BCUT2D eigenvalue weighted by molar-refractivity contribution is 0.414. The first-order valence-electron chi connectivity index (χ1n) is 28.8. The van der Waals surface area contributed by atoms with Crippen molar-refractivity contribution < 1.29 is 14.2 Å². The molecule has 0 amide bonds. The van der Waals surface area contributed by atoms with Crippen LogP contribution in [0.2, 0.25) is 0 Å². The van der Waals surface area contributed by atoms with Crippen LogP contribution in [0.15, 0.2) is 367 Å². The van der Waals surface area contributed by atoms with Crippen LogP contribution < -0.4 is 14.2 Å². The van der Waals surface area contributed by atoms with E-state index in [1.807, 2.05) is 54.6 Å². The van der Waals surface area contributed by atoms with Crippen LogP contribution in [0.25, 0.3) is 0 Å². The van der Waals surface area contributed by atoms with Gasteiger partial charge in [0.1, 0.15) is 23.0 Å². The maximum absolute atomic E-state index is 5.96. The molecule has 0 aliphatic carbocycles. The van der Waals surface area contributed by atoms with Crippen molar-refractivity contribution in [3.8, 4) is 23.0 Å². The number of hydrogen-bond acceptors (Lipinski definition) is 5. The van der Waals surface area contributed by atoms with Gasteiger partial charge in [0, 0.05) is 19.6 Å². The van der Waals surface area contributed by atoms with Crippen molar-refractivity contribution in [1.29, 1.82) is 0 Å². The van der Waals surface area contributed by atoms with Gasteiger partial charge in [0.2, 0.25) is 0 Å². The molecular formula is C82H83O3S5+3. The summed E-state index contributed by atoms with van der Waals surface area (Å²) < 4.78 is 16.7. The van der Waals surface area contributed by atoms with E-state index in [9.17, 15) is 0 Å². The lowest BCUT2D eigenvalue weighted by atomic mass is 10.2. The van der Waals surface area contributed by atoms with Gasteiger partial charge in [-0.3, -0.25) is 0 Å². The minimum Gasteiger partial charge on any atom is -0.497 e. The molecule has 12 aromatic carbocycles. The zero-order valence-electron chi connectivity index (χ0n) is 50.1. The molecule has 0 bridgehead atoms. The highest BCUT2D eigenvalue weighted by Gasteiger charge is 2.31. The largest absolute Gasteiger partial charge is 0.497 e. The Balaban J connectivity index is 0.000000189. The predicted octanol–water partition coefficient (Wildman–Crippen LogP) is 23.9. The van der Waals surface area contributed by atoms with E-state index in [1.54, 1.807) is 37.7 Å². The third-order valence-electron chi connectivity index (χ3n) is 14.0. The van der Waals surface area contributed by atoms with E-state index in [4.69, 9.17) is 14.2 Å². The number of methoxy groups -OCH3 is 2. The van der Waals surface area contributed by atoms with Gasteiger partial charge >= 0.3 is 0 Å². The topological polar surface area (TPSA) is 27.7 Å². The Hall–Kier alpha value is -8.21. The summed E-state index contributed by atoms with van der Waals surface area (Å²) in [7, 11) is 2.94. The van der Waals surface area contributed by atoms with Crippen LogP contribution in [0.1, 0.15) is 50.1 Å². The second kappa shape index (κ2) is 34.7. The molecule has 0 aliphatic rings. The van der Waals surface area contributed by atoms with E-state index in [1.165, 1.54) is 91.5 Å². The summed E-state index contributed by atoms with van der Waals surface area (Å²) in [5, 5.41) is 0. The molecule has 0 spiro atoms. The summed E-state index contributed by atoms with van der Waals surface area (Å²) in [6.07, 6.45) is 0. The Labute approximate surface area is 555 Å². The fourth-order valence-electron chi connectivity index (χ4n) is 9.27. The van der Waals surface area contributed by atoms with E-state index < -0.39 is 0 Å². The first-order chi connectivity index (χ1) is 42.5. The van der Waals surface area contributed by atoms with Crippen molar-refractivity contribution in [2.75, 3.05) is 14.2 Å². The van der Waals surface area contributed by atoms with Crippen LogP contribution in [-0.4, -0.2) is 14.2 Å². The molecule has 3 nitrogen and oxygen atoms in total. The third-order valence-corrected chi connectivity index (χ3v) is 22.7. The highest BCUT2D eigenvalue weighted by atomic mass is 32.2. The van der Waals surface area contributed by atoms with E-state index >= 15 is 0 Å². The molecule has 0 saturated heterocycles. The fourth-order valence-corrected chi connectivity index (χ4v) is 17.0. The Morgan fingerprint density at radius 2 is 0.400 bits per heavy atom. The van der Waals surface area contributed by atoms with Crippen molar-refractivity contribution in [3.63, 3.8) is 0 Å². The van der Waals surface area contributed by atoms with Gasteiger partial charge in [-0.15, -0.1) is 0 Å². The second-order valence-corrected chi connectivity index (χ2v) is 29.1. The summed E-state index contributed by atoms with van der Waals surface area (Å²) in [6.45, 7) is 10.7. The van der Waals surface area contributed by atoms with Gasteiger partial charge in [0.05, 0.1) is 46.9 Å². The summed E-state index contributed by atoms with van der Waals surface area (Å²) in [5.41, 5.74) is 6.44. The first kappa shape index (κ1) is 69.3. The Kier molecular flexibility index (Phi) is 26.7. The van der Waals surface area contributed by atoms with Gasteiger partial charge in [-0.05, 0) is 241 Å². The molecule has 0 fully saturated rings. The van der Waals surface area contributed by atoms with Crippen molar-refractivity contribution in [2.24, 2.45) is 0 Å². The molecule has 90 heavy (non-hydrogen) atoms. The molecule has 0 aromatic heterocycles. The number of aryl methyl sites for hydroxylation is 5. The predicted molar refractivity (Wildman–Crippen MR) is 389 cm³/mol. The average Bonchev–Trinajstić information content (AvgIpc) is 0.961. The smallest absolute Gasteiger partial charge is 0.166 e. The van der Waals surface area contributed by atoms with Gasteiger partial charge in [0.15, 0.2) is 44.1 Å². The van der Waals surface area contributed by atoms with Gasteiger partial charge in [-0.25, -0.2) is 0 Å². The number of rotatable bonds is 17. The molecular weight excluding hydrogens is 1190 g/mol. The van der Waals surface area contributed by atoms with Crippen molar-refractivity contribution >= 4 is 56.2 Å². The zero-order valence-corrected chi connectivity index (χ0v) is 54.2. The standard InChI is InChI=1S/C27H25O2S2.C26H23OS.C26H23S2.3CH4/c1-20-4-10-23(11-5-20)30-24-12-18-27(19-13-24)31(25-14-6-21(28-2)7-15-25)26-16-8-22(29-3)9-17-26;2*1-20-8-14-24(15-9-20)28(25-16-10-21(2)11-17-25)26-18-12-23(13-19-26)27-22-6-4-3-5-7-22;;;/h4-19H,1-3H3;2*3-19H,1-2H3;3*1H4/q3*+1;;;. The third kappa shape index (κ3) is 19.4. The summed E-state index contributed by atoms with van der Waals surface area (Å²) in [6, 6.07) is 108. The summed E-state index contributed by atoms with van der Waals surface area (Å²) >= 11 is 3.59. The molecule has 0 radical (unpaired) electrons. The van der Waals surface area contributed by atoms with Crippen LogP contribution >= 0.6 is 23.5 Å². The minimum atomic E-state index is -0.213. The number of hydrogen-bond donors (Lipinski definition) is 0. The molecule has 0 saturated carbocycles. The highest BCUT2D eigenvalue weighted by molar-refractivity contribution is 8.00. The molecule has 456 valence electrons. The first-order valence-corrected chi connectivity index (χ1v) is 34.1. The van der Waals surface area contributed by atoms with Crippen molar-refractivity contribution in [2.45, 2.75) is 121 Å². The van der Waals surface area contributed by atoms with Gasteiger partial charge < -0.3 is 14.2 Å². The molecule has 12 rings (SSSR count). The molecule has 8 heteroatoms.